The number of carbonyl (C=O) groups excluding carboxylic acids is 1. The smallest absolute Gasteiger partial charge is 0.227 e. The third-order valence-electron chi connectivity index (χ3n) is 2.36. The van der Waals surface area contributed by atoms with E-state index in [4.69, 9.17) is 4.74 Å². The molecule has 5 heteroatoms. The predicted octanol–water partition coefficient (Wildman–Crippen LogP) is 0.399. The molecule has 2 N–H and O–H groups in total. The van der Waals surface area contributed by atoms with E-state index in [0.29, 0.717) is 18.8 Å². The normalized spacial score (nSPS) is 20.4. The van der Waals surface area contributed by atoms with Gasteiger partial charge in [0.25, 0.3) is 0 Å². The summed E-state index contributed by atoms with van der Waals surface area (Å²) < 4.78 is 5.28. The molecule has 0 aliphatic carbocycles. The van der Waals surface area contributed by atoms with Crippen molar-refractivity contribution in [3.8, 4) is 0 Å². The largest absolute Gasteiger partial charge is 0.378 e. The third kappa shape index (κ3) is 3.29. The van der Waals surface area contributed by atoms with Crippen molar-refractivity contribution in [3.63, 3.8) is 0 Å². The van der Waals surface area contributed by atoms with Gasteiger partial charge >= 0.3 is 0 Å². The average molecular weight is 221 g/mol. The van der Waals surface area contributed by atoms with Gasteiger partial charge in [-0.15, -0.1) is 0 Å². The van der Waals surface area contributed by atoms with Gasteiger partial charge in [-0.3, -0.25) is 4.79 Å². The summed E-state index contributed by atoms with van der Waals surface area (Å²) in [7, 11) is 0. The van der Waals surface area contributed by atoms with E-state index in [0.717, 1.165) is 13.2 Å². The van der Waals surface area contributed by atoms with Crippen molar-refractivity contribution >= 4 is 11.7 Å². The number of hydrogen-bond acceptors (Lipinski definition) is 4. The zero-order valence-corrected chi connectivity index (χ0v) is 8.98. The number of hydrogen-bond donors (Lipinski definition) is 2. The van der Waals surface area contributed by atoms with Crippen LogP contribution in [-0.2, 0) is 9.53 Å². The van der Waals surface area contributed by atoms with E-state index in [9.17, 15) is 4.79 Å². The van der Waals surface area contributed by atoms with Crippen molar-refractivity contribution in [2.24, 2.45) is 0 Å². The van der Waals surface area contributed by atoms with Gasteiger partial charge in [0.15, 0.2) is 0 Å². The van der Waals surface area contributed by atoms with Crippen LogP contribution in [0.3, 0.4) is 0 Å². The van der Waals surface area contributed by atoms with Crippen LogP contribution in [0.2, 0.25) is 0 Å². The van der Waals surface area contributed by atoms with Crippen molar-refractivity contribution in [2.45, 2.75) is 12.5 Å². The van der Waals surface area contributed by atoms with E-state index in [-0.39, 0.29) is 11.9 Å². The van der Waals surface area contributed by atoms with Crippen LogP contribution in [0.4, 0.5) is 5.82 Å². The zero-order valence-electron chi connectivity index (χ0n) is 8.98. The molecule has 1 aromatic rings. The highest BCUT2D eigenvalue weighted by atomic mass is 16.5. The summed E-state index contributed by atoms with van der Waals surface area (Å²) >= 11 is 0. The average Bonchev–Trinajstić information content (AvgIpc) is 2.31. The summed E-state index contributed by atoms with van der Waals surface area (Å²) in [6, 6.07) is 5.52. The number of carbonyl (C=O) groups is 1. The van der Waals surface area contributed by atoms with Gasteiger partial charge in [0.05, 0.1) is 13.2 Å². The molecule has 2 rings (SSSR count). The van der Waals surface area contributed by atoms with Crippen molar-refractivity contribution in [3.05, 3.63) is 24.4 Å². The lowest BCUT2D eigenvalue weighted by Gasteiger charge is -2.23. The molecule has 0 radical (unpaired) electrons. The van der Waals surface area contributed by atoms with Gasteiger partial charge < -0.3 is 15.4 Å². The Kier molecular flexibility index (Phi) is 3.85. The first-order chi connectivity index (χ1) is 7.84. The maximum absolute atomic E-state index is 11.6. The van der Waals surface area contributed by atoms with Crippen molar-refractivity contribution in [1.82, 2.24) is 10.3 Å². The fourth-order valence-corrected chi connectivity index (χ4v) is 1.61. The fraction of sp³-hybridized carbons (Fsp3) is 0.455. The second kappa shape index (κ2) is 5.58. The predicted molar refractivity (Wildman–Crippen MR) is 60.1 cm³/mol. The van der Waals surface area contributed by atoms with Gasteiger partial charge in [-0.1, -0.05) is 6.07 Å². The van der Waals surface area contributed by atoms with Crippen molar-refractivity contribution in [2.75, 3.05) is 25.1 Å². The van der Waals surface area contributed by atoms with Crippen LogP contribution < -0.4 is 10.6 Å². The molecule has 2 heterocycles. The standard InChI is InChI=1S/C11H15N3O2/c15-11(7-9-8-16-6-5-12-9)14-10-3-1-2-4-13-10/h1-4,9,12H,5-8H2,(H,13,14,15). The van der Waals surface area contributed by atoms with E-state index in [1.807, 2.05) is 12.1 Å². The van der Waals surface area contributed by atoms with Crippen LogP contribution in [0.15, 0.2) is 24.4 Å². The Morgan fingerprint density at radius 1 is 1.62 bits per heavy atom. The Hall–Kier alpha value is -1.46. The highest BCUT2D eigenvalue weighted by Crippen LogP contribution is 2.03. The minimum atomic E-state index is -0.0401. The van der Waals surface area contributed by atoms with E-state index in [2.05, 4.69) is 15.6 Å². The van der Waals surface area contributed by atoms with Crippen LogP contribution in [-0.4, -0.2) is 36.7 Å². The summed E-state index contributed by atoms with van der Waals surface area (Å²) in [6.07, 6.45) is 2.06. The Balaban J connectivity index is 1.80. The topological polar surface area (TPSA) is 63.2 Å². The molecular formula is C11H15N3O2. The Morgan fingerprint density at radius 3 is 3.25 bits per heavy atom. The van der Waals surface area contributed by atoms with Gasteiger partial charge in [-0.05, 0) is 12.1 Å². The lowest BCUT2D eigenvalue weighted by molar-refractivity contribution is -0.117. The number of ether oxygens (including phenoxy) is 1. The number of rotatable bonds is 3. The molecule has 0 aromatic carbocycles. The maximum Gasteiger partial charge on any atom is 0.227 e. The summed E-state index contributed by atoms with van der Waals surface area (Å²) in [6.45, 7) is 2.12. The van der Waals surface area contributed by atoms with Gasteiger partial charge in [-0.2, -0.15) is 0 Å². The molecule has 16 heavy (non-hydrogen) atoms. The summed E-state index contributed by atoms with van der Waals surface area (Å²) in [5, 5.41) is 5.97. The molecular weight excluding hydrogens is 206 g/mol. The van der Waals surface area contributed by atoms with Crippen LogP contribution in [0, 0.1) is 0 Å². The molecule has 1 aromatic heterocycles. The van der Waals surface area contributed by atoms with Crippen LogP contribution in [0.25, 0.3) is 0 Å². The molecule has 1 aliphatic rings. The lowest BCUT2D eigenvalue weighted by atomic mass is 10.2. The van der Waals surface area contributed by atoms with E-state index in [1.54, 1.807) is 12.3 Å². The van der Waals surface area contributed by atoms with Crippen LogP contribution >= 0.6 is 0 Å². The number of nitrogens with zero attached hydrogens (tertiary/aromatic N) is 1. The number of nitrogens with one attached hydrogen (secondary N) is 2. The molecule has 0 bridgehead atoms. The highest BCUT2D eigenvalue weighted by Gasteiger charge is 2.16. The van der Waals surface area contributed by atoms with Gasteiger partial charge in [0.2, 0.25) is 5.91 Å². The number of amides is 1. The third-order valence-corrected chi connectivity index (χ3v) is 2.36. The zero-order chi connectivity index (χ0) is 11.2. The lowest BCUT2D eigenvalue weighted by Crippen LogP contribution is -2.43. The molecule has 0 saturated carbocycles. The summed E-state index contributed by atoms with van der Waals surface area (Å²) in [5.74, 6) is 0.547. The molecule has 1 aliphatic heterocycles. The highest BCUT2D eigenvalue weighted by molar-refractivity contribution is 5.90. The number of anilines is 1. The molecule has 1 atom stereocenters. The molecule has 86 valence electrons. The summed E-state index contributed by atoms with van der Waals surface area (Å²) in [4.78, 5) is 15.7. The van der Waals surface area contributed by atoms with Crippen LogP contribution in [0.1, 0.15) is 6.42 Å². The second-order valence-corrected chi connectivity index (χ2v) is 3.69. The Bertz CT molecular complexity index is 336. The fourth-order valence-electron chi connectivity index (χ4n) is 1.61. The summed E-state index contributed by atoms with van der Waals surface area (Å²) in [5.41, 5.74) is 0. The second-order valence-electron chi connectivity index (χ2n) is 3.69. The van der Waals surface area contributed by atoms with E-state index < -0.39 is 0 Å². The first-order valence-corrected chi connectivity index (χ1v) is 5.36. The van der Waals surface area contributed by atoms with Crippen molar-refractivity contribution in [1.29, 1.82) is 0 Å². The molecule has 1 fully saturated rings. The molecule has 1 unspecified atom stereocenters. The maximum atomic E-state index is 11.6. The first kappa shape index (κ1) is 11.0. The molecule has 1 amide bonds. The minimum absolute atomic E-state index is 0.0401. The molecule has 5 nitrogen and oxygen atoms in total. The SMILES string of the molecule is O=C(CC1COCCN1)Nc1ccccn1. The monoisotopic (exact) mass is 221 g/mol. The van der Waals surface area contributed by atoms with E-state index >= 15 is 0 Å². The molecule has 0 spiro atoms. The number of morpholine rings is 1. The quantitative estimate of drug-likeness (QED) is 0.775. The van der Waals surface area contributed by atoms with Gasteiger partial charge in [-0.25, -0.2) is 4.98 Å². The van der Waals surface area contributed by atoms with Gasteiger partial charge in [0, 0.05) is 25.2 Å². The Morgan fingerprint density at radius 2 is 2.56 bits per heavy atom. The van der Waals surface area contributed by atoms with E-state index in [1.165, 1.54) is 0 Å². The first-order valence-electron chi connectivity index (χ1n) is 5.36. The number of pyridine rings is 1. The minimum Gasteiger partial charge on any atom is -0.378 e. The van der Waals surface area contributed by atoms with Gasteiger partial charge in [0.1, 0.15) is 5.82 Å². The Labute approximate surface area is 94.2 Å². The molecule has 1 saturated heterocycles. The van der Waals surface area contributed by atoms with Crippen molar-refractivity contribution < 1.29 is 9.53 Å². The van der Waals surface area contributed by atoms with Crippen LogP contribution in [0.5, 0.6) is 0 Å². The number of aromatic nitrogens is 1.